The second kappa shape index (κ2) is 4.29. The summed E-state index contributed by atoms with van der Waals surface area (Å²) >= 11 is 0. The van der Waals surface area contributed by atoms with E-state index in [1.165, 1.54) is 0 Å². The standard InChI is InChI=1S/C12H12N4O/c1-7-4-8(2)6-10(5-7)13-11-9(3)15-16-12(17)14-11/h4-6H,3H2,1-2H3,(H,13,14,17). The molecule has 5 heteroatoms. The Bertz CT molecular complexity index is 537. The zero-order valence-corrected chi connectivity index (χ0v) is 9.69. The van der Waals surface area contributed by atoms with Crippen LogP contribution < -0.4 is 5.32 Å². The van der Waals surface area contributed by atoms with Gasteiger partial charge in [-0.1, -0.05) is 17.8 Å². The van der Waals surface area contributed by atoms with Gasteiger partial charge in [0, 0.05) is 0 Å². The average Bonchev–Trinajstić information content (AvgIpc) is 2.22. The number of nitrogens with one attached hydrogen (secondary N) is 1. The minimum Gasteiger partial charge on any atom is -0.287 e. The largest absolute Gasteiger partial charge is 0.365 e. The van der Waals surface area contributed by atoms with Crippen molar-refractivity contribution in [3.63, 3.8) is 0 Å². The molecule has 0 saturated carbocycles. The molecule has 2 amide bonds. The number of benzene rings is 1. The smallest absolute Gasteiger partial charge is 0.287 e. The van der Waals surface area contributed by atoms with Crippen molar-refractivity contribution in [3.05, 3.63) is 41.6 Å². The highest BCUT2D eigenvalue weighted by Crippen LogP contribution is 2.18. The minimum atomic E-state index is -0.527. The van der Waals surface area contributed by atoms with Crippen molar-refractivity contribution in [1.82, 2.24) is 5.32 Å². The van der Waals surface area contributed by atoms with E-state index in [0.29, 0.717) is 11.5 Å². The fourth-order valence-electron chi connectivity index (χ4n) is 1.59. The monoisotopic (exact) mass is 228 g/mol. The number of azo groups is 1. The number of amidine groups is 1. The Morgan fingerprint density at radius 2 is 1.82 bits per heavy atom. The van der Waals surface area contributed by atoms with Crippen molar-refractivity contribution in [2.75, 3.05) is 0 Å². The first-order valence-corrected chi connectivity index (χ1v) is 5.13. The van der Waals surface area contributed by atoms with E-state index < -0.39 is 6.03 Å². The summed E-state index contributed by atoms with van der Waals surface area (Å²) in [5.41, 5.74) is 3.33. The van der Waals surface area contributed by atoms with Crippen molar-refractivity contribution in [2.45, 2.75) is 13.8 Å². The van der Waals surface area contributed by atoms with Gasteiger partial charge in [-0.25, -0.2) is 9.79 Å². The Labute approximate surface area is 99.0 Å². The molecule has 1 aromatic rings. The second-order valence-electron chi connectivity index (χ2n) is 3.88. The quantitative estimate of drug-likeness (QED) is 0.788. The highest BCUT2D eigenvalue weighted by molar-refractivity contribution is 6.09. The van der Waals surface area contributed by atoms with Gasteiger partial charge >= 0.3 is 6.03 Å². The number of amides is 2. The average molecular weight is 228 g/mol. The molecule has 17 heavy (non-hydrogen) atoms. The number of aliphatic imine (C=N–C) groups is 1. The molecular weight excluding hydrogens is 216 g/mol. The molecule has 1 heterocycles. The van der Waals surface area contributed by atoms with E-state index >= 15 is 0 Å². The molecule has 0 fully saturated rings. The minimum absolute atomic E-state index is 0.343. The topological polar surface area (TPSA) is 66.2 Å². The number of aryl methyl sites for hydroxylation is 2. The molecule has 1 aliphatic heterocycles. The van der Waals surface area contributed by atoms with Gasteiger partial charge in [0.2, 0.25) is 0 Å². The Kier molecular flexibility index (Phi) is 2.82. The molecule has 0 atom stereocenters. The van der Waals surface area contributed by atoms with Crippen molar-refractivity contribution in [3.8, 4) is 0 Å². The van der Waals surface area contributed by atoms with Crippen LogP contribution in [-0.2, 0) is 0 Å². The van der Waals surface area contributed by atoms with Crippen molar-refractivity contribution < 1.29 is 4.79 Å². The SMILES string of the molecule is C=C1N=NC(=O)NC1=Nc1cc(C)cc(C)c1. The first-order chi connectivity index (χ1) is 8.04. The fourth-order valence-corrected chi connectivity index (χ4v) is 1.59. The number of carbonyl (C=O) groups is 1. The maximum absolute atomic E-state index is 11.0. The summed E-state index contributed by atoms with van der Waals surface area (Å²) < 4.78 is 0. The highest BCUT2D eigenvalue weighted by atomic mass is 16.2. The molecule has 0 radical (unpaired) electrons. The Morgan fingerprint density at radius 1 is 1.18 bits per heavy atom. The molecule has 5 nitrogen and oxygen atoms in total. The number of urea groups is 1. The molecule has 1 aliphatic rings. The van der Waals surface area contributed by atoms with Gasteiger partial charge in [-0.3, -0.25) is 5.32 Å². The van der Waals surface area contributed by atoms with Crippen LogP contribution in [0.1, 0.15) is 11.1 Å². The van der Waals surface area contributed by atoms with Crippen LogP contribution in [0.2, 0.25) is 0 Å². The summed E-state index contributed by atoms with van der Waals surface area (Å²) in [6.45, 7) is 7.65. The normalized spacial score (nSPS) is 17.4. The zero-order valence-electron chi connectivity index (χ0n) is 9.69. The Morgan fingerprint density at radius 3 is 2.47 bits per heavy atom. The summed E-state index contributed by atoms with van der Waals surface area (Å²) in [7, 11) is 0. The van der Waals surface area contributed by atoms with Crippen molar-refractivity contribution in [2.24, 2.45) is 15.2 Å². The lowest BCUT2D eigenvalue weighted by molar-refractivity contribution is 0.251. The van der Waals surface area contributed by atoms with Gasteiger partial charge in [0.05, 0.1) is 5.69 Å². The van der Waals surface area contributed by atoms with E-state index in [2.05, 4.69) is 33.2 Å². The van der Waals surface area contributed by atoms with E-state index in [4.69, 9.17) is 0 Å². The third-order valence-electron chi connectivity index (χ3n) is 2.21. The lowest BCUT2D eigenvalue weighted by Gasteiger charge is -2.09. The van der Waals surface area contributed by atoms with Crippen LogP contribution in [0, 0.1) is 13.8 Å². The van der Waals surface area contributed by atoms with Crippen molar-refractivity contribution in [1.29, 1.82) is 0 Å². The van der Waals surface area contributed by atoms with Crippen LogP contribution in [-0.4, -0.2) is 11.9 Å². The third-order valence-corrected chi connectivity index (χ3v) is 2.21. The number of hydrogen-bond donors (Lipinski definition) is 1. The Hall–Kier alpha value is -2.30. The van der Waals surface area contributed by atoms with Gasteiger partial charge in [0.1, 0.15) is 5.70 Å². The molecule has 0 spiro atoms. The first kappa shape index (κ1) is 11.2. The molecule has 0 unspecified atom stereocenters. The van der Waals surface area contributed by atoms with E-state index in [1.54, 1.807) is 0 Å². The highest BCUT2D eigenvalue weighted by Gasteiger charge is 2.14. The fraction of sp³-hybridized carbons (Fsp3) is 0.167. The van der Waals surface area contributed by atoms with Crippen LogP contribution in [0.3, 0.4) is 0 Å². The predicted molar refractivity (Wildman–Crippen MR) is 65.5 cm³/mol. The molecule has 1 N–H and O–H groups in total. The van der Waals surface area contributed by atoms with Gasteiger partial charge in [0.15, 0.2) is 5.84 Å². The van der Waals surface area contributed by atoms with Crippen LogP contribution >= 0.6 is 0 Å². The van der Waals surface area contributed by atoms with Gasteiger partial charge < -0.3 is 0 Å². The molecule has 0 saturated heterocycles. The van der Waals surface area contributed by atoms with Gasteiger partial charge in [-0.05, 0) is 37.1 Å². The number of hydrogen-bond acceptors (Lipinski definition) is 3. The molecular formula is C12H12N4O. The van der Waals surface area contributed by atoms with Gasteiger partial charge in [0.25, 0.3) is 0 Å². The summed E-state index contributed by atoms with van der Waals surface area (Å²) in [6, 6.07) is 5.37. The van der Waals surface area contributed by atoms with Crippen LogP contribution in [0.4, 0.5) is 10.5 Å². The van der Waals surface area contributed by atoms with Crippen LogP contribution in [0.25, 0.3) is 0 Å². The van der Waals surface area contributed by atoms with Crippen molar-refractivity contribution >= 4 is 17.6 Å². The van der Waals surface area contributed by atoms with Gasteiger partial charge in [-0.15, -0.1) is 5.11 Å². The molecule has 2 rings (SSSR count). The summed E-state index contributed by atoms with van der Waals surface area (Å²) in [5, 5.41) is 9.46. The number of nitrogens with zero attached hydrogens (tertiary/aromatic N) is 3. The molecule has 0 aromatic heterocycles. The summed E-state index contributed by atoms with van der Waals surface area (Å²) in [6.07, 6.45) is 0. The summed E-state index contributed by atoms with van der Waals surface area (Å²) in [5.74, 6) is 0.343. The van der Waals surface area contributed by atoms with Crippen LogP contribution in [0.5, 0.6) is 0 Å². The molecule has 1 aromatic carbocycles. The second-order valence-corrected chi connectivity index (χ2v) is 3.88. The number of carbonyl (C=O) groups excluding carboxylic acids is 1. The molecule has 0 bridgehead atoms. The maximum Gasteiger partial charge on any atom is 0.365 e. The number of rotatable bonds is 1. The molecule has 0 aliphatic carbocycles. The zero-order chi connectivity index (χ0) is 12.4. The van der Waals surface area contributed by atoms with Crippen LogP contribution in [0.15, 0.2) is 45.7 Å². The lowest BCUT2D eigenvalue weighted by Crippen LogP contribution is -2.31. The van der Waals surface area contributed by atoms with Gasteiger partial charge in [-0.2, -0.15) is 0 Å². The van der Waals surface area contributed by atoms with E-state index in [-0.39, 0.29) is 0 Å². The van der Waals surface area contributed by atoms with E-state index in [1.807, 2.05) is 26.0 Å². The maximum atomic E-state index is 11.0. The van der Waals surface area contributed by atoms with E-state index in [9.17, 15) is 4.79 Å². The predicted octanol–water partition coefficient (Wildman–Crippen LogP) is 3.02. The van der Waals surface area contributed by atoms with E-state index in [0.717, 1.165) is 16.8 Å². The Balaban J connectivity index is 2.38. The third kappa shape index (κ3) is 2.63. The summed E-state index contributed by atoms with van der Waals surface area (Å²) in [4.78, 5) is 15.4. The first-order valence-electron chi connectivity index (χ1n) is 5.13. The molecule has 86 valence electrons. The lowest BCUT2D eigenvalue weighted by atomic mass is 10.1.